The maximum atomic E-state index is 13.0. The molecular formula is C16H20ClF3N2O2. The monoisotopic (exact) mass is 364 g/mol. The minimum Gasteiger partial charge on any atom is -0.334 e. The largest absolute Gasteiger partial charge is 0.418 e. The first-order valence-electron chi connectivity index (χ1n) is 7.42. The van der Waals surface area contributed by atoms with Gasteiger partial charge in [-0.1, -0.05) is 25.4 Å². The summed E-state index contributed by atoms with van der Waals surface area (Å²) in [7, 11) is 0. The number of hydrogen-bond donors (Lipinski definition) is 1. The molecule has 0 aromatic heterocycles. The number of carbonyl (C=O) groups excluding carboxylic acids is 2. The van der Waals surface area contributed by atoms with Crippen LogP contribution in [0.2, 0.25) is 5.02 Å². The number of nitrogens with one attached hydrogen (secondary N) is 1. The van der Waals surface area contributed by atoms with Gasteiger partial charge in [0.05, 0.1) is 17.8 Å². The van der Waals surface area contributed by atoms with Crippen molar-refractivity contribution < 1.29 is 22.8 Å². The van der Waals surface area contributed by atoms with Crippen molar-refractivity contribution in [1.82, 2.24) is 4.90 Å². The SMILES string of the molecule is CC(=O)N(CCC(C)C)CC(=O)Nc1ccc(Cl)cc1C(F)(F)F. The fraction of sp³-hybridized carbons (Fsp3) is 0.500. The summed E-state index contributed by atoms with van der Waals surface area (Å²) < 4.78 is 39.0. The van der Waals surface area contributed by atoms with Crippen LogP contribution in [0.25, 0.3) is 0 Å². The van der Waals surface area contributed by atoms with Crippen LogP contribution in [0.3, 0.4) is 0 Å². The number of rotatable bonds is 6. The van der Waals surface area contributed by atoms with Crippen LogP contribution in [0.4, 0.5) is 18.9 Å². The molecule has 0 saturated heterocycles. The Bertz CT molecular complexity index is 603. The molecule has 0 atom stereocenters. The zero-order valence-electron chi connectivity index (χ0n) is 13.7. The van der Waals surface area contributed by atoms with E-state index in [0.29, 0.717) is 18.9 Å². The molecule has 1 aromatic carbocycles. The summed E-state index contributed by atoms with van der Waals surface area (Å²) in [5.74, 6) is -0.664. The molecule has 4 nitrogen and oxygen atoms in total. The molecule has 0 heterocycles. The van der Waals surface area contributed by atoms with Crippen LogP contribution >= 0.6 is 11.6 Å². The minimum atomic E-state index is -4.65. The number of amides is 2. The number of alkyl halides is 3. The summed E-state index contributed by atoms with van der Waals surface area (Å²) in [5.41, 5.74) is -1.41. The Morgan fingerprint density at radius 2 is 1.92 bits per heavy atom. The van der Waals surface area contributed by atoms with Crippen LogP contribution in [0, 0.1) is 5.92 Å². The number of anilines is 1. The van der Waals surface area contributed by atoms with Gasteiger partial charge in [0, 0.05) is 18.5 Å². The first kappa shape index (κ1) is 20.3. The second-order valence-electron chi connectivity index (χ2n) is 5.86. The topological polar surface area (TPSA) is 49.4 Å². The molecule has 1 rings (SSSR count). The van der Waals surface area contributed by atoms with Crippen LogP contribution in [-0.2, 0) is 15.8 Å². The molecule has 24 heavy (non-hydrogen) atoms. The lowest BCUT2D eigenvalue weighted by Gasteiger charge is -2.22. The summed E-state index contributed by atoms with van der Waals surface area (Å²) in [6.07, 6.45) is -3.95. The Morgan fingerprint density at radius 3 is 2.42 bits per heavy atom. The van der Waals surface area contributed by atoms with Crippen molar-refractivity contribution in [3.63, 3.8) is 0 Å². The van der Waals surface area contributed by atoms with Crippen LogP contribution < -0.4 is 5.32 Å². The van der Waals surface area contributed by atoms with E-state index in [1.165, 1.54) is 17.9 Å². The lowest BCUT2D eigenvalue weighted by molar-refractivity contribution is -0.137. The Labute approximate surface area is 144 Å². The van der Waals surface area contributed by atoms with E-state index >= 15 is 0 Å². The van der Waals surface area contributed by atoms with Gasteiger partial charge in [-0.25, -0.2) is 0 Å². The van der Waals surface area contributed by atoms with Gasteiger partial charge in [-0.15, -0.1) is 0 Å². The van der Waals surface area contributed by atoms with Crippen LogP contribution in [0.15, 0.2) is 18.2 Å². The minimum absolute atomic E-state index is 0.0809. The van der Waals surface area contributed by atoms with Gasteiger partial charge in [-0.3, -0.25) is 9.59 Å². The molecule has 0 saturated carbocycles. The van der Waals surface area contributed by atoms with E-state index in [4.69, 9.17) is 11.6 Å². The highest BCUT2D eigenvalue weighted by atomic mass is 35.5. The van der Waals surface area contributed by atoms with Gasteiger partial charge >= 0.3 is 6.18 Å². The van der Waals surface area contributed by atoms with Crippen molar-refractivity contribution in [2.24, 2.45) is 5.92 Å². The summed E-state index contributed by atoms with van der Waals surface area (Å²) >= 11 is 5.59. The van der Waals surface area contributed by atoms with Crippen molar-refractivity contribution in [2.45, 2.75) is 33.4 Å². The molecule has 0 radical (unpaired) electrons. The molecule has 0 aliphatic heterocycles. The van der Waals surface area contributed by atoms with Crippen molar-refractivity contribution in [3.8, 4) is 0 Å². The van der Waals surface area contributed by atoms with Crippen molar-refractivity contribution in [3.05, 3.63) is 28.8 Å². The van der Waals surface area contributed by atoms with Crippen LogP contribution in [0.5, 0.6) is 0 Å². The van der Waals surface area contributed by atoms with Gasteiger partial charge in [0.2, 0.25) is 11.8 Å². The second-order valence-corrected chi connectivity index (χ2v) is 6.30. The maximum absolute atomic E-state index is 13.0. The maximum Gasteiger partial charge on any atom is 0.418 e. The van der Waals surface area contributed by atoms with Crippen LogP contribution in [0.1, 0.15) is 32.8 Å². The molecule has 134 valence electrons. The van der Waals surface area contributed by atoms with E-state index in [1.54, 1.807) is 0 Å². The van der Waals surface area contributed by atoms with Gasteiger partial charge in [0.1, 0.15) is 0 Å². The van der Waals surface area contributed by atoms with Crippen molar-refractivity contribution >= 4 is 29.1 Å². The number of halogens is 4. The normalized spacial score (nSPS) is 11.5. The predicted octanol–water partition coefficient (Wildman–Crippen LogP) is 4.19. The van der Waals surface area contributed by atoms with Gasteiger partial charge < -0.3 is 10.2 Å². The fourth-order valence-corrected chi connectivity index (χ4v) is 2.16. The van der Waals surface area contributed by atoms with E-state index in [1.807, 2.05) is 13.8 Å². The Hall–Kier alpha value is -1.76. The van der Waals surface area contributed by atoms with Gasteiger partial charge in [0.25, 0.3) is 0 Å². The Morgan fingerprint density at radius 1 is 1.29 bits per heavy atom. The summed E-state index contributed by atoms with van der Waals surface area (Å²) in [6, 6.07) is 3.10. The summed E-state index contributed by atoms with van der Waals surface area (Å²) in [4.78, 5) is 24.9. The standard InChI is InChI=1S/C16H20ClF3N2O2/c1-10(2)6-7-22(11(3)23)9-15(24)21-14-5-4-12(17)8-13(14)16(18,19)20/h4-5,8,10H,6-7,9H2,1-3H3,(H,21,24). The third kappa shape index (κ3) is 6.39. The van der Waals surface area contributed by atoms with E-state index < -0.39 is 17.6 Å². The van der Waals surface area contributed by atoms with Gasteiger partial charge in [-0.05, 0) is 30.5 Å². The molecule has 2 amide bonds. The second kappa shape index (κ2) is 8.37. The third-order valence-corrected chi connectivity index (χ3v) is 3.55. The highest BCUT2D eigenvalue weighted by Gasteiger charge is 2.34. The molecule has 0 aliphatic rings. The molecule has 0 bridgehead atoms. The Balaban J connectivity index is 2.85. The number of nitrogens with zero attached hydrogens (tertiary/aromatic N) is 1. The number of carbonyl (C=O) groups is 2. The molecular weight excluding hydrogens is 345 g/mol. The number of hydrogen-bond acceptors (Lipinski definition) is 2. The lowest BCUT2D eigenvalue weighted by Crippen LogP contribution is -2.37. The van der Waals surface area contributed by atoms with Crippen molar-refractivity contribution in [2.75, 3.05) is 18.4 Å². The number of benzene rings is 1. The zero-order valence-corrected chi connectivity index (χ0v) is 14.5. The molecule has 0 unspecified atom stereocenters. The van der Waals surface area contributed by atoms with Gasteiger partial charge in [0.15, 0.2) is 0 Å². The third-order valence-electron chi connectivity index (χ3n) is 3.32. The zero-order chi connectivity index (χ0) is 18.5. The predicted molar refractivity (Wildman–Crippen MR) is 86.8 cm³/mol. The van der Waals surface area contributed by atoms with E-state index in [9.17, 15) is 22.8 Å². The molecule has 1 aromatic rings. The molecule has 1 N–H and O–H groups in total. The highest BCUT2D eigenvalue weighted by molar-refractivity contribution is 6.30. The average molecular weight is 365 g/mol. The highest BCUT2D eigenvalue weighted by Crippen LogP contribution is 2.36. The molecule has 0 spiro atoms. The fourth-order valence-electron chi connectivity index (χ4n) is 1.98. The summed E-state index contributed by atoms with van der Waals surface area (Å²) in [6.45, 7) is 5.33. The van der Waals surface area contributed by atoms with Gasteiger partial charge in [-0.2, -0.15) is 13.2 Å². The van der Waals surface area contributed by atoms with Crippen molar-refractivity contribution in [1.29, 1.82) is 0 Å². The molecule has 0 aliphatic carbocycles. The molecule has 0 fully saturated rings. The van der Waals surface area contributed by atoms with E-state index in [-0.39, 0.29) is 23.2 Å². The lowest BCUT2D eigenvalue weighted by atomic mass is 10.1. The van der Waals surface area contributed by atoms with Crippen LogP contribution in [-0.4, -0.2) is 29.8 Å². The quantitative estimate of drug-likeness (QED) is 0.822. The smallest absolute Gasteiger partial charge is 0.334 e. The molecule has 8 heteroatoms. The van der Waals surface area contributed by atoms with E-state index in [2.05, 4.69) is 5.32 Å². The van der Waals surface area contributed by atoms with E-state index in [0.717, 1.165) is 12.1 Å². The first-order valence-corrected chi connectivity index (χ1v) is 7.80. The first-order chi connectivity index (χ1) is 11.0. The summed E-state index contributed by atoms with van der Waals surface area (Å²) in [5, 5.41) is 2.12. The Kier molecular flexibility index (Phi) is 7.08. The average Bonchev–Trinajstić information content (AvgIpc) is 2.43.